The van der Waals surface area contributed by atoms with Crippen LogP contribution in [0.25, 0.3) is 0 Å². The minimum Gasteiger partial charge on any atom is -0.308 e. The molecule has 4 rings (SSSR count). The van der Waals surface area contributed by atoms with Gasteiger partial charge in [0.1, 0.15) is 0 Å². The average molecular weight is 348 g/mol. The number of aromatic nitrogens is 1. The molecule has 5 nitrogen and oxygen atoms in total. The van der Waals surface area contributed by atoms with Gasteiger partial charge in [0.15, 0.2) is 5.78 Å². The monoisotopic (exact) mass is 348 g/mol. The second-order valence-electron chi connectivity index (χ2n) is 7.01. The minimum absolute atomic E-state index is 0.132. The predicted molar refractivity (Wildman–Crippen MR) is 103 cm³/mol. The first kappa shape index (κ1) is 17.1. The highest BCUT2D eigenvalue weighted by molar-refractivity contribution is 6.10. The lowest BCUT2D eigenvalue weighted by atomic mass is 10.0. The molecule has 0 spiro atoms. The van der Waals surface area contributed by atoms with Gasteiger partial charge in [-0.05, 0) is 37.6 Å². The first-order valence-corrected chi connectivity index (χ1v) is 9.33. The molecule has 0 aliphatic carbocycles. The number of rotatable bonds is 5. The van der Waals surface area contributed by atoms with Gasteiger partial charge < -0.3 is 5.32 Å². The fourth-order valence-corrected chi connectivity index (χ4v) is 3.70. The molecule has 3 heterocycles. The van der Waals surface area contributed by atoms with Gasteiger partial charge in [0.2, 0.25) is 0 Å². The maximum atomic E-state index is 12.0. The van der Waals surface area contributed by atoms with Crippen molar-refractivity contribution in [1.29, 1.82) is 0 Å². The molecule has 1 saturated heterocycles. The van der Waals surface area contributed by atoms with Crippen molar-refractivity contribution in [3.63, 3.8) is 0 Å². The number of benzene rings is 1. The lowest BCUT2D eigenvalue weighted by molar-refractivity contribution is 0.100. The molecule has 0 atom stereocenters. The number of carbonyl (C=O) groups excluding carboxylic acids is 1. The van der Waals surface area contributed by atoms with E-state index < -0.39 is 0 Å². The number of pyridine rings is 1. The van der Waals surface area contributed by atoms with E-state index in [4.69, 9.17) is 0 Å². The summed E-state index contributed by atoms with van der Waals surface area (Å²) in [6, 6.07) is 12.9. The van der Waals surface area contributed by atoms with Gasteiger partial charge in [-0.25, -0.2) is 0 Å². The van der Waals surface area contributed by atoms with E-state index in [1.54, 1.807) is 18.5 Å². The molecule has 1 aromatic carbocycles. The van der Waals surface area contributed by atoms with Crippen LogP contribution in [0.1, 0.15) is 40.9 Å². The SMILES string of the molecule is O=C1CC=Nc2c1ccnc2CNC1CCN(Cc2ccccc2)CC1. The molecule has 2 aliphatic rings. The minimum atomic E-state index is 0.132. The summed E-state index contributed by atoms with van der Waals surface area (Å²) in [6.45, 7) is 3.89. The molecule has 0 radical (unpaired) electrons. The third-order valence-corrected chi connectivity index (χ3v) is 5.19. The van der Waals surface area contributed by atoms with Crippen molar-refractivity contribution in [2.45, 2.75) is 38.4 Å². The Kier molecular flexibility index (Phi) is 5.18. The number of nitrogens with zero attached hydrogens (tertiary/aromatic N) is 3. The normalized spacial score (nSPS) is 18.1. The molecular formula is C21H24N4O. The average Bonchev–Trinajstić information content (AvgIpc) is 2.69. The lowest BCUT2D eigenvalue weighted by Crippen LogP contribution is -2.42. The summed E-state index contributed by atoms with van der Waals surface area (Å²) >= 11 is 0. The Morgan fingerprint density at radius 2 is 1.92 bits per heavy atom. The second-order valence-corrected chi connectivity index (χ2v) is 7.01. The molecule has 0 unspecified atom stereocenters. The summed E-state index contributed by atoms with van der Waals surface area (Å²) in [6.07, 6.45) is 6.06. The smallest absolute Gasteiger partial charge is 0.170 e. The van der Waals surface area contributed by atoms with Gasteiger partial charge in [0, 0.05) is 43.5 Å². The molecule has 0 saturated carbocycles. The first-order chi connectivity index (χ1) is 12.8. The van der Waals surface area contributed by atoms with Gasteiger partial charge in [-0.15, -0.1) is 0 Å². The molecule has 0 amide bonds. The number of carbonyl (C=O) groups is 1. The Morgan fingerprint density at radius 3 is 2.73 bits per heavy atom. The zero-order chi connectivity index (χ0) is 17.8. The number of piperidine rings is 1. The number of likely N-dealkylation sites (tertiary alicyclic amines) is 1. The fourth-order valence-electron chi connectivity index (χ4n) is 3.70. The maximum Gasteiger partial charge on any atom is 0.170 e. The Balaban J connectivity index is 1.30. The number of ketones is 1. The number of hydrogen-bond donors (Lipinski definition) is 1. The van der Waals surface area contributed by atoms with Gasteiger partial charge in [0.05, 0.1) is 11.4 Å². The predicted octanol–water partition coefficient (Wildman–Crippen LogP) is 3.12. The van der Waals surface area contributed by atoms with Crippen molar-refractivity contribution < 1.29 is 4.79 Å². The van der Waals surface area contributed by atoms with E-state index in [0.29, 0.717) is 24.6 Å². The Hall–Kier alpha value is -2.37. The van der Waals surface area contributed by atoms with Crippen LogP contribution in [0.2, 0.25) is 0 Å². The van der Waals surface area contributed by atoms with E-state index in [0.717, 1.165) is 43.9 Å². The number of Topliss-reactive ketones (excluding diaryl/α,β-unsaturated/α-hetero) is 1. The topological polar surface area (TPSA) is 57.6 Å². The molecule has 5 heteroatoms. The first-order valence-electron chi connectivity index (χ1n) is 9.33. The Bertz CT molecular complexity index is 795. The van der Waals surface area contributed by atoms with E-state index in [-0.39, 0.29) is 5.78 Å². The lowest BCUT2D eigenvalue weighted by Gasteiger charge is -2.32. The van der Waals surface area contributed by atoms with Crippen LogP contribution in [0.4, 0.5) is 5.69 Å². The van der Waals surface area contributed by atoms with Crippen LogP contribution in [0.5, 0.6) is 0 Å². The number of nitrogens with one attached hydrogen (secondary N) is 1. The molecule has 0 bridgehead atoms. The van der Waals surface area contributed by atoms with Crippen molar-refractivity contribution in [1.82, 2.24) is 15.2 Å². The zero-order valence-corrected chi connectivity index (χ0v) is 14.9. The zero-order valence-electron chi connectivity index (χ0n) is 14.9. The standard InChI is InChI=1S/C21H24N4O/c26-20-7-11-23-21-18(20)6-10-22-19(21)14-24-17-8-12-25(13-9-17)15-16-4-2-1-3-5-16/h1-6,10-11,17,24H,7-9,12-15H2. The third-order valence-electron chi connectivity index (χ3n) is 5.19. The fraction of sp³-hybridized carbons (Fsp3) is 0.381. The summed E-state index contributed by atoms with van der Waals surface area (Å²) in [4.78, 5) is 23.4. The van der Waals surface area contributed by atoms with Crippen LogP contribution < -0.4 is 5.32 Å². The Morgan fingerprint density at radius 1 is 1.12 bits per heavy atom. The maximum absolute atomic E-state index is 12.0. The van der Waals surface area contributed by atoms with Crippen LogP contribution in [0.3, 0.4) is 0 Å². The van der Waals surface area contributed by atoms with Crippen LogP contribution in [-0.4, -0.2) is 41.0 Å². The van der Waals surface area contributed by atoms with Gasteiger partial charge in [-0.2, -0.15) is 0 Å². The Labute approximate surface area is 154 Å². The van der Waals surface area contributed by atoms with E-state index in [1.807, 2.05) is 0 Å². The molecule has 134 valence electrons. The summed E-state index contributed by atoms with van der Waals surface area (Å²) in [5.41, 5.74) is 3.70. The van der Waals surface area contributed by atoms with E-state index >= 15 is 0 Å². The van der Waals surface area contributed by atoms with E-state index in [9.17, 15) is 4.79 Å². The van der Waals surface area contributed by atoms with Gasteiger partial charge in [0.25, 0.3) is 0 Å². The third kappa shape index (κ3) is 3.89. The molecular weight excluding hydrogens is 324 g/mol. The quantitative estimate of drug-likeness (QED) is 0.902. The second kappa shape index (κ2) is 7.89. The highest BCUT2D eigenvalue weighted by Gasteiger charge is 2.21. The largest absolute Gasteiger partial charge is 0.308 e. The molecule has 1 aromatic heterocycles. The number of hydrogen-bond acceptors (Lipinski definition) is 5. The van der Waals surface area contributed by atoms with Crippen molar-refractivity contribution in [2.75, 3.05) is 13.1 Å². The molecule has 1 fully saturated rings. The van der Waals surface area contributed by atoms with E-state index in [1.165, 1.54) is 5.56 Å². The summed E-state index contributed by atoms with van der Waals surface area (Å²) in [5.74, 6) is 0.132. The van der Waals surface area contributed by atoms with Crippen LogP contribution in [-0.2, 0) is 13.1 Å². The van der Waals surface area contributed by atoms with Gasteiger partial charge >= 0.3 is 0 Å². The van der Waals surface area contributed by atoms with Crippen molar-refractivity contribution >= 4 is 17.7 Å². The van der Waals surface area contributed by atoms with Crippen LogP contribution in [0, 0.1) is 0 Å². The molecule has 1 N–H and O–H groups in total. The van der Waals surface area contributed by atoms with Crippen molar-refractivity contribution in [3.8, 4) is 0 Å². The molecule has 26 heavy (non-hydrogen) atoms. The highest BCUT2D eigenvalue weighted by atomic mass is 16.1. The summed E-state index contributed by atoms with van der Waals surface area (Å²) in [5, 5.41) is 3.61. The summed E-state index contributed by atoms with van der Waals surface area (Å²) in [7, 11) is 0. The van der Waals surface area contributed by atoms with Crippen molar-refractivity contribution in [2.24, 2.45) is 4.99 Å². The number of fused-ring (bicyclic) bond motifs is 1. The van der Waals surface area contributed by atoms with Crippen LogP contribution in [0.15, 0.2) is 47.6 Å². The van der Waals surface area contributed by atoms with Gasteiger partial charge in [-0.3, -0.25) is 19.7 Å². The number of aliphatic imine (C=N–C) groups is 1. The highest BCUT2D eigenvalue weighted by Crippen LogP contribution is 2.27. The summed E-state index contributed by atoms with van der Waals surface area (Å²) < 4.78 is 0. The van der Waals surface area contributed by atoms with Crippen LogP contribution >= 0.6 is 0 Å². The van der Waals surface area contributed by atoms with Crippen molar-refractivity contribution in [3.05, 3.63) is 59.4 Å². The molecule has 2 aliphatic heterocycles. The van der Waals surface area contributed by atoms with Gasteiger partial charge in [-0.1, -0.05) is 30.3 Å². The van der Waals surface area contributed by atoms with E-state index in [2.05, 4.69) is 50.5 Å². The molecule has 2 aromatic rings.